The van der Waals surface area contributed by atoms with E-state index in [4.69, 9.17) is 4.84 Å². The molecule has 0 spiro atoms. The van der Waals surface area contributed by atoms with E-state index in [1.165, 1.54) is 6.21 Å². The van der Waals surface area contributed by atoms with Crippen molar-refractivity contribution in [1.82, 2.24) is 0 Å². The van der Waals surface area contributed by atoms with Gasteiger partial charge in [-0.15, -0.1) is 0 Å². The van der Waals surface area contributed by atoms with E-state index in [0.717, 1.165) is 17.3 Å². The number of halogens is 1. The molecule has 1 aliphatic carbocycles. The summed E-state index contributed by atoms with van der Waals surface area (Å²) in [6.07, 6.45) is 4.51. The number of carbonyl (C=O) groups is 1. The molecule has 1 atom stereocenters. The van der Waals surface area contributed by atoms with Crippen LogP contribution in [0.1, 0.15) is 30.9 Å². The van der Waals surface area contributed by atoms with Gasteiger partial charge < -0.3 is 9.94 Å². The molecule has 0 aliphatic heterocycles. The van der Waals surface area contributed by atoms with Crippen LogP contribution in [0, 0.1) is 5.92 Å². The molecule has 1 aromatic carbocycles. The molecule has 1 N–H and O–H groups in total. The van der Waals surface area contributed by atoms with Gasteiger partial charge in [-0.05, 0) is 43.5 Å². The Bertz CT molecular complexity index is 711. The lowest BCUT2D eigenvalue weighted by Gasteiger charge is -2.11. The molecule has 130 valence electrons. The van der Waals surface area contributed by atoms with Gasteiger partial charge in [0.05, 0.1) is 11.8 Å². The number of hydrogen-bond acceptors (Lipinski definition) is 5. The van der Waals surface area contributed by atoms with Crippen LogP contribution in [-0.2, 0) is 26.2 Å². The Morgan fingerprint density at radius 3 is 2.79 bits per heavy atom. The summed E-state index contributed by atoms with van der Waals surface area (Å²) in [6.45, 7) is 2.16. The molecular weight excluding hydrogens is 394 g/mol. The Morgan fingerprint density at radius 1 is 1.50 bits per heavy atom. The highest BCUT2D eigenvalue weighted by molar-refractivity contribution is 9.10. The van der Waals surface area contributed by atoms with E-state index >= 15 is 0 Å². The number of Topliss-reactive ketones (excluding diaryl/α,β-unsaturated/α-hetero) is 1. The molecular formula is C17H20BrNO4S. The van der Waals surface area contributed by atoms with Crippen molar-refractivity contribution >= 4 is 44.5 Å². The van der Waals surface area contributed by atoms with Crippen LogP contribution in [0.3, 0.4) is 0 Å². The predicted molar refractivity (Wildman–Crippen MR) is 99.3 cm³/mol. The Morgan fingerprint density at radius 2 is 2.21 bits per heavy atom. The molecule has 0 radical (unpaired) electrons. The van der Waals surface area contributed by atoms with Gasteiger partial charge >= 0.3 is 0 Å². The number of aliphatic hydroxyl groups is 1. The fourth-order valence-electron chi connectivity index (χ4n) is 2.25. The van der Waals surface area contributed by atoms with Crippen molar-refractivity contribution in [3.63, 3.8) is 0 Å². The predicted octanol–water partition coefficient (Wildman–Crippen LogP) is 3.60. The van der Waals surface area contributed by atoms with E-state index < -0.39 is 10.8 Å². The van der Waals surface area contributed by atoms with Gasteiger partial charge in [0.25, 0.3) is 0 Å². The monoisotopic (exact) mass is 413 g/mol. The van der Waals surface area contributed by atoms with Crippen LogP contribution >= 0.6 is 15.9 Å². The molecule has 1 aliphatic rings. The van der Waals surface area contributed by atoms with Gasteiger partial charge in [0.2, 0.25) is 0 Å². The maximum atomic E-state index is 12.5. The standard InChI is InChI=1S/C17H20BrNO4S/c1-3-23-19-9-15(16(20)11-4-5-11)17(21)14-7-6-13(18)8-12(14)10-24(2)22/h6-9,11,21H,3-5,10H2,1-2H3. The first kappa shape index (κ1) is 18.9. The molecule has 0 bridgehead atoms. The van der Waals surface area contributed by atoms with Crippen molar-refractivity contribution in [3.05, 3.63) is 39.4 Å². The number of oxime groups is 1. The van der Waals surface area contributed by atoms with Crippen LogP contribution in [0.4, 0.5) is 0 Å². The molecule has 5 nitrogen and oxygen atoms in total. The van der Waals surface area contributed by atoms with Crippen molar-refractivity contribution in [3.8, 4) is 0 Å². The van der Waals surface area contributed by atoms with Gasteiger partial charge in [-0.3, -0.25) is 9.00 Å². The Labute approximate surface area is 152 Å². The topological polar surface area (TPSA) is 76.0 Å². The number of hydrogen-bond donors (Lipinski definition) is 1. The molecule has 24 heavy (non-hydrogen) atoms. The van der Waals surface area contributed by atoms with Crippen molar-refractivity contribution in [2.45, 2.75) is 25.5 Å². The smallest absolute Gasteiger partial charge is 0.171 e. The van der Waals surface area contributed by atoms with Gasteiger partial charge in [-0.25, -0.2) is 0 Å². The summed E-state index contributed by atoms with van der Waals surface area (Å²) in [5.74, 6) is -0.0630. The third-order valence-corrected chi connectivity index (χ3v) is 4.75. The number of aliphatic hydroxyl groups excluding tert-OH is 1. The average molecular weight is 414 g/mol. The Kier molecular flexibility index (Phi) is 6.74. The maximum Gasteiger partial charge on any atom is 0.171 e. The molecule has 1 unspecified atom stereocenters. The van der Waals surface area contributed by atoms with E-state index in [1.54, 1.807) is 31.4 Å². The van der Waals surface area contributed by atoms with E-state index in [0.29, 0.717) is 17.7 Å². The van der Waals surface area contributed by atoms with E-state index in [1.807, 2.05) is 0 Å². The summed E-state index contributed by atoms with van der Waals surface area (Å²) in [6, 6.07) is 5.27. The number of nitrogens with zero attached hydrogens (tertiary/aromatic N) is 1. The number of ketones is 1. The number of allylic oxidation sites excluding steroid dienone is 1. The zero-order chi connectivity index (χ0) is 17.7. The third kappa shape index (κ3) is 5.01. The second kappa shape index (κ2) is 8.58. The largest absolute Gasteiger partial charge is 0.506 e. The minimum Gasteiger partial charge on any atom is -0.506 e. The lowest BCUT2D eigenvalue weighted by atomic mass is 10.00. The van der Waals surface area contributed by atoms with Crippen molar-refractivity contribution in [2.24, 2.45) is 11.1 Å². The van der Waals surface area contributed by atoms with Crippen LogP contribution in [0.15, 0.2) is 33.4 Å². The summed E-state index contributed by atoms with van der Waals surface area (Å²) in [4.78, 5) is 17.4. The highest BCUT2D eigenvalue weighted by Gasteiger charge is 2.33. The molecule has 0 saturated heterocycles. The van der Waals surface area contributed by atoms with E-state index in [-0.39, 0.29) is 28.8 Å². The second-order valence-electron chi connectivity index (χ2n) is 5.57. The summed E-state index contributed by atoms with van der Waals surface area (Å²) in [7, 11) is -1.08. The molecule has 0 aromatic heterocycles. The maximum absolute atomic E-state index is 12.5. The highest BCUT2D eigenvalue weighted by Crippen LogP contribution is 2.34. The Hall–Kier alpha value is -1.47. The zero-order valence-corrected chi connectivity index (χ0v) is 16.0. The lowest BCUT2D eigenvalue weighted by Crippen LogP contribution is -2.11. The van der Waals surface area contributed by atoms with Crippen LogP contribution in [0.5, 0.6) is 0 Å². The first-order chi connectivity index (χ1) is 11.4. The fraction of sp³-hybridized carbons (Fsp3) is 0.412. The van der Waals surface area contributed by atoms with Crippen LogP contribution in [0.2, 0.25) is 0 Å². The highest BCUT2D eigenvalue weighted by atomic mass is 79.9. The van der Waals surface area contributed by atoms with Crippen molar-refractivity contribution < 1.29 is 18.9 Å². The van der Waals surface area contributed by atoms with Crippen LogP contribution < -0.4 is 0 Å². The number of rotatable bonds is 8. The van der Waals surface area contributed by atoms with Gasteiger partial charge in [-0.1, -0.05) is 21.1 Å². The van der Waals surface area contributed by atoms with E-state index in [9.17, 15) is 14.1 Å². The molecule has 1 aromatic rings. The van der Waals surface area contributed by atoms with Gasteiger partial charge in [0, 0.05) is 38.8 Å². The fourth-order valence-corrected chi connectivity index (χ4v) is 3.33. The number of benzene rings is 1. The second-order valence-corrected chi connectivity index (χ2v) is 7.92. The molecule has 7 heteroatoms. The summed E-state index contributed by atoms with van der Waals surface area (Å²) in [5, 5.41) is 14.5. The van der Waals surface area contributed by atoms with Gasteiger partial charge in [0.15, 0.2) is 5.78 Å². The zero-order valence-electron chi connectivity index (χ0n) is 13.6. The SMILES string of the molecule is CCON=CC(C(=O)C1CC1)=C(O)c1ccc(Br)cc1CS(C)=O. The Balaban J connectivity index is 2.49. The van der Waals surface area contributed by atoms with Crippen LogP contribution in [0.25, 0.3) is 5.76 Å². The summed E-state index contributed by atoms with van der Waals surface area (Å²) in [5.41, 5.74) is 1.32. The third-order valence-electron chi connectivity index (χ3n) is 3.54. The van der Waals surface area contributed by atoms with Crippen LogP contribution in [-0.4, -0.2) is 34.2 Å². The summed E-state index contributed by atoms with van der Waals surface area (Å²) < 4.78 is 12.4. The molecule has 2 rings (SSSR count). The lowest BCUT2D eigenvalue weighted by molar-refractivity contribution is -0.116. The molecule has 1 saturated carbocycles. The van der Waals surface area contributed by atoms with E-state index in [2.05, 4.69) is 21.1 Å². The van der Waals surface area contributed by atoms with Crippen molar-refractivity contribution in [2.75, 3.05) is 12.9 Å². The molecule has 0 heterocycles. The number of carbonyl (C=O) groups excluding carboxylic acids is 1. The normalized spacial score (nSPS) is 16.8. The molecule has 0 amide bonds. The first-order valence-corrected chi connectivity index (χ1v) is 10.2. The van der Waals surface area contributed by atoms with Gasteiger partial charge in [0.1, 0.15) is 12.4 Å². The average Bonchev–Trinajstić information content (AvgIpc) is 3.35. The minimum absolute atomic E-state index is 0.0607. The quantitative estimate of drug-likeness (QED) is 0.305. The summed E-state index contributed by atoms with van der Waals surface area (Å²) >= 11 is 3.38. The first-order valence-electron chi connectivity index (χ1n) is 7.65. The minimum atomic E-state index is -1.08. The molecule has 1 fully saturated rings. The van der Waals surface area contributed by atoms with Crippen molar-refractivity contribution in [1.29, 1.82) is 0 Å². The van der Waals surface area contributed by atoms with Gasteiger partial charge in [-0.2, -0.15) is 0 Å².